The third-order valence-electron chi connectivity index (χ3n) is 3.49. The summed E-state index contributed by atoms with van der Waals surface area (Å²) in [6.45, 7) is 0.595. The summed E-state index contributed by atoms with van der Waals surface area (Å²) in [5.74, 6) is 0.384. The van der Waals surface area contributed by atoms with Crippen molar-refractivity contribution in [2.45, 2.75) is 31.7 Å². The van der Waals surface area contributed by atoms with Gasteiger partial charge < -0.3 is 19.7 Å². The molecule has 1 aliphatic rings. The van der Waals surface area contributed by atoms with Crippen LogP contribution in [0.5, 0.6) is 0 Å². The van der Waals surface area contributed by atoms with Crippen molar-refractivity contribution in [3.8, 4) is 0 Å². The quantitative estimate of drug-likeness (QED) is 0.835. The SMILES string of the molecule is COC(=O)NCC1CCCC(N(C)C(=O)OC)C1. The predicted molar refractivity (Wildman–Crippen MR) is 66.3 cm³/mol. The number of nitrogens with one attached hydrogen (secondary N) is 1. The summed E-state index contributed by atoms with van der Waals surface area (Å²) in [6, 6.07) is 0.190. The third kappa shape index (κ3) is 4.09. The summed E-state index contributed by atoms with van der Waals surface area (Å²) in [5.41, 5.74) is 0. The van der Waals surface area contributed by atoms with Gasteiger partial charge in [-0.05, 0) is 25.2 Å². The van der Waals surface area contributed by atoms with Crippen molar-refractivity contribution in [3.63, 3.8) is 0 Å². The van der Waals surface area contributed by atoms with Crippen molar-refractivity contribution in [3.05, 3.63) is 0 Å². The van der Waals surface area contributed by atoms with Crippen LogP contribution in [0.15, 0.2) is 0 Å². The first-order chi connectivity index (χ1) is 8.58. The fourth-order valence-electron chi connectivity index (χ4n) is 2.39. The molecule has 0 radical (unpaired) electrons. The van der Waals surface area contributed by atoms with E-state index in [1.54, 1.807) is 11.9 Å². The van der Waals surface area contributed by atoms with Gasteiger partial charge in [-0.1, -0.05) is 6.42 Å². The molecule has 0 bridgehead atoms. The average molecular weight is 258 g/mol. The lowest BCUT2D eigenvalue weighted by molar-refractivity contribution is 0.0982. The molecule has 1 rings (SSSR count). The van der Waals surface area contributed by atoms with Crippen LogP contribution >= 0.6 is 0 Å². The van der Waals surface area contributed by atoms with Gasteiger partial charge in [-0.3, -0.25) is 0 Å². The molecule has 0 saturated heterocycles. The van der Waals surface area contributed by atoms with Gasteiger partial charge in [0, 0.05) is 19.6 Å². The molecule has 2 unspecified atom stereocenters. The maximum absolute atomic E-state index is 11.4. The second kappa shape index (κ2) is 7.08. The zero-order valence-electron chi connectivity index (χ0n) is 11.3. The molecule has 18 heavy (non-hydrogen) atoms. The van der Waals surface area contributed by atoms with E-state index in [4.69, 9.17) is 4.74 Å². The van der Waals surface area contributed by atoms with E-state index in [1.807, 2.05) is 0 Å². The molecule has 1 N–H and O–H groups in total. The molecule has 0 aliphatic heterocycles. The number of hydrogen-bond acceptors (Lipinski definition) is 4. The van der Waals surface area contributed by atoms with Crippen LogP contribution in [0.3, 0.4) is 0 Å². The minimum Gasteiger partial charge on any atom is -0.453 e. The largest absolute Gasteiger partial charge is 0.453 e. The fourth-order valence-corrected chi connectivity index (χ4v) is 2.39. The van der Waals surface area contributed by atoms with Gasteiger partial charge in [0.15, 0.2) is 0 Å². The second-order valence-electron chi connectivity index (χ2n) is 4.64. The third-order valence-corrected chi connectivity index (χ3v) is 3.49. The molecule has 0 aromatic carbocycles. The summed E-state index contributed by atoms with van der Waals surface area (Å²) in [7, 11) is 4.49. The summed E-state index contributed by atoms with van der Waals surface area (Å²) in [4.78, 5) is 24.1. The zero-order valence-corrected chi connectivity index (χ0v) is 11.3. The van der Waals surface area contributed by atoms with Crippen LogP contribution in [0, 0.1) is 5.92 Å². The standard InChI is InChI=1S/C12H22N2O4/c1-14(12(16)18-3)10-6-4-5-9(7-10)8-13-11(15)17-2/h9-10H,4-8H2,1-3H3,(H,13,15). The Bertz CT molecular complexity index is 296. The van der Waals surface area contributed by atoms with Crippen LogP contribution in [0.2, 0.25) is 0 Å². The number of carbonyl (C=O) groups is 2. The zero-order chi connectivity index (χ0) is 13.5. The lowest BCUT2D eigenvalue weighted by atomic mass is 9.85. The Morgan fingerprint density at radius 1 is 1.28 bits per heavy atom. The van der Waals surface area contributed by atoms with E-state index in [9.17, 15) is 9.59 Å². The van der Waals surface area contributed by atoms with Gasteiger partial charge in [0.2, 0.25) is 0 Å². The molecule has 104 valence electrons. The molecule has 1 saturated carbocycles. The highest BCUT2D eigenvalue weighted by molar-refractivity contribution is 5.67. The normalized spacial score (nSPS) is 23.1. The van der Waals surface area contributed by atoms with Gasteiger partial charge >= 0.3 is 12.2 Å². The molecular formula is C12H22N2O4. The van der Waals surface area contributed by atoms with Gasteiger partial charge in [0.25, 0.3) is 0 Å². The lowest BCUT2D eigenvalue weighted by Crippen LogP contribution is -2.42. The summed E-state index contributed by atoms with van der Waals surface area (Å²) >= 11 is 0. The highest BCUT2D eigenvalue weighted by atomic mass is 16.5. The average Bonchev–Trinajstić information content (AvgIpc) is 2.43. The van der Waals surface area contributed by atoms with Crippen molar-refractivity contribution in [2.24, 2.45) is 5.92 Å². The molecule has 0 aromatic heterocycles. The van der Waals surface area contributed by atoms with Crippen LogP contribution in [0.4, 0.5) is 9.59 Å². The van der Waals surface area contributed by atoms with E-state index in [1.165, 1.54) is 14.2 Å². The first kappa shape index (κ1) is 14.6. The lowest BCUT2D eigenvalue weighted by Gasteiger charge is -2.34. The number of rotatable bonds is 3. The van der Waals surface area contributed by atoms with Crippen LogP contribution in [-0.2, 0) is 9.47 Å². The van der Waals surface area contributed by atoms with Crippen LogP contribution in [0.1, 0.15) is 25.7 Å². The number of alkyl carbamates (subject to hydrolysis) is 1. The van der Waals surface area contributed by atoms with Crippen LogP contribution in [0.25, 0.3) is 0 Å². The highest BCUT2D eigenvalue weighted by Crippen LogP contribution is 2.27. The Hall–Kier alpha value is -1.46. The molecule has 1 fully saturated rings. The van der Waals surface area contributed by atoms with Crippen molar-refractivity contribution < 1.29 is 19.1 Å². The first-order valence-electron chi connectivity index (χ1n) is 6.21. The molecule has 6 nitrogen and oxygen atoms in total. The summed E-state index contributed by atoms with van der Waals surface area (Å²) in [5, 5.41) is 2.71. The van der Waals surface area contributed by atoms with Gasteiger partial charge in [-0.15, -0.1) is 0 Å². The van der Waals surface area contributed by atoms with Gasteiger partial charge in [-0.2, -0.15) is 0 Å². The van der Waals surface area contributed by atoms with Crippen LogP contribution < -0.4 is 5.32 Å². The smallest absolute Gasteiger partial charge is 0.409 e. The van der Waals surface area contributed by atoms with Crippen molar-refractivity contribution in [1.82, 2.24) is 10.2 Å². The number of carbonyl (C=O) groups excluding carboxylic acids is 2. The molecule has 0 heterocycles. The molecular weight excluding hydrogens is 236 g/mol. The second-order valence-corrected chi connectivity index (χ2v) is 4.64. The predicted octanol–water partition coefficient (Wildman–Crippen LogP) is 1.60. The first-order valence-corrected chi connectivity index (χ1v) is 6.21. The molecule has 1 aliphatic carbocycles. The number of nitrogens with zero attached hydrogens (tertiary/aromatic N) is 1. The van der Waals surface area contributed by atoms with E-state index in [0.717, 1.165) is 25.7 Å². The minimum atomic E-state index is -0.404. The number of ether oxygens (including phenoxy) is 2. The van der Waals surface area contributed by atoms with Crippen molar-refractivity contribution in [2.75, 3.05) is 27.8 Å². The van der Waals surface area contributed by atoms with E-state index in [0.29, 0.717) is 12.5 Å². The van der Waals surface area contributed by atoms with Gasteiger partial charge in [0.05, 0.1) is 14.2 Å². The highest BCUT2D eigenvalue weighted by Gasteiger charge is 2.27. The van der Waals surface area contributed by atoms with Crippen molar-refractivity contribution >= 4 is 12.2 Å². The molecule has 2 amide bonds. The monoisotopic (exact) mass is 258 g/mol. The fraction of sp³-hybridized carbons (Fsp3) is 0.833. The Morgan fingerprint density at radius 3 is 2.61 bits per heavy atom. The summed E-state index contributed by atoms with van der Waals surface area (Å²) in [6.07, 6.45) is 3.28. The molecule has 0 spiro atoms. The van der Waals surface area contributed by atoms with Gasteiger partial charge in [0.1, 0.15) is 0 Å². The van der Waals surface area contributed by atoms with E-state index < -0.39 is 6.09 Å². The maximum atomic E-state index is 11.4. The molecule has 2 atom stereocenters. The number of hydrogen-bond donors (Lipinski definition) is 1. The van der Waals surface area contributed by atoms with Gasteiger partial charge in [-0.25, -0.2) is 9.59 Å². The Morgan fingerprint density at radius 2 is 2.00 bits per heavy atom. The number of methoxy groups -OCH3 is 2. The van der Waals surface area contributed by atoms with E-state index in [2.05, 4.69) is 10.1 Å². The summed E-state index contributed by atoms with van der Waals surface area (Å²) < 4.78 is 9.25. The Balaban J connectivity index is 2.40. The topological polar surface area (TPSA) is 67.9 Å². The molecule has 0 aromatic rings. The van der Waals surface area contributed by atoms with E-state index >= 15 is 0 Å². The van der Waals surface area contributed by atoms with E-state index in [-0.39, 0.29) is 12.1 Å². The van der Waals surface area contributed by atoms with Crippen LogP contribution in [-0.4, -0.2) is 50.9 Å². The number of amides is 2. The Kier molecular flexibility index (Phi) is 5.74. The minimum absolute atomic E-state index is 0.190. The maximum Gasteiger partial charge on any atom is 0.409 e. The molecule has 6 heteroatoms. The van der Waals surface area contributed by atoms with Crippen molar-refractivity contribution in [1.29, 1.82) is 0 Å². The Labute approximate surface area is 108 Å².